The molecule has 0 bridgehead atoms. The summed E-state index contributed by atoms with van der Waals surface area (Å²) in [5.41, 5.74) is 2.55. The van der Waals surface area contributed by atoms with Crippen LogP contribution in [0.15, 0.2) is 48.6 Å². The second-order valence-corrected chi connectivity index (χ2v) is 3.62. The fourth-order valence-corrected chi connectivity index (χ4v) is 1.18. The summed E-state index contributed by atoms with van der Waals surface area (Å²) in [5, 5.41) is 0. The van der Waals surface area contributed by atoms with E-state index in [0.717, 1.165) is 0 Å². The molecule has 0 nitrogen and oxygen atoms in total. The Morgan fingerprint density at radius 3 is 2.20 bits per heavy atom. The van der Waals surface area contributed by atoms with E-state index in [0.29, 0.717) is 0 Å². The molecule has 1 rings (SSSR count). The quantitative estimate of drug-likeness (QED) is 0.599. The van der Waals surface area contributed by atoms with Crippen LogP contribution in [0.2, 0.25) is 0 Å². The molecule has 0 atom stereocenters. The molecule has 1 aromatic rings. The van der Waals surface area contributed by atoms with Gasteiger partial charge >= 0.3 is 0 Å². The van der Waals surface area contributed by atoms with Gasteiger partial charge in [0, 0.05) is 0 Å². The summed E-state index contributed by atoms with van der Waals surface area (Å²) >= 11 is 0. The highest BCUT2D eigenvalue weighted by molar-refractivity contribution is 5.47. The molecular formula is C15H22. The van der Waals surface area contributed by atoms with E-state index in [2.05, 4.69) is 38.6 Å². The predicted molar refractivity (Wildman–Crippen MR) is 70.9 cm³/mol. The Bertz CT molecular complexity index is 280. The zero-order valence-corrected chi connectivity index (χ0v) is 10.2. The highest BCUT2D eigenvalue weighted by Gasteiger charge is 1.77. The maximum absolute atomic E-state index is 3.74. The Morgan fingerprint density at radius 2 is 1.87 bits per heavy atom. The van der Waals surface area contributed by atoms with Crippen LogP contribution in [0.3, 0.4) is 0 Å². The molecule has 0 aromatic heterocycles. The number of rotatable bonds is 3. The maximum atomic E-state index is 3.74. The van der Waals surface area contributed by atoms with Crippen molar-refractivity contribution >= 4 is 6.08 Å². The largest absolute Gasteiger partial charge is 0.100 e. The van der Waals surface area contributed by atoms with Gasteiger partial charge < -0.3 is 0 Å². The van der Waals surface area contributed by atoms with E-state index >= 15 is 0 Å². The highest BCUT2D eigenvalue weighted by atomic mass is 13.8. The van der Waals surface area contributed by atoms with E-state index in [4.69, 9.17) is 0 Å². The van der Waals surface area contributed by atoms with Crippen molar-refractivity contribution in [2.45, 2.75) is 33.6 Å². The first kappa shape index (κ1) is 13.7. The van der Waals surface area contributed by atoms with Gasteiger partial charge in [0.15, 0.2) is 0 Å². The molecule has 0 aliphatic rings. The van der Waals surface area contributed by atoms with Crippen molar-refractivity contribution in [1.29, 1.82) is 0 Å². The molecule has 0 heteroatoms. The first-order chi connectivity index (χ1) is 7.20. The van der Waals surface area contributed by atoms with Crippen LogP contribution in [0, 0.1) is 0 Å². The van der Waals surface area contributed by atoms with Crippen LogP contribution in [0.25, 0.3) is 6.08 Å². The van der Waals surface area contributed by atoms with E-state index in [9.17, 15) is 0 Å². The van der Waals surface area contributed by atoms with Crippen molar-refractivity contribution in [1.82, 2.24) is 0 Å². The lowest BCUT2D eigenvalue weighted by molar-refractivity contribution is 0.910. The molecule has 1 aromatic carbocycles. The summed E-state index contributed by atoms with van der Waals surface area (Å²) in [7, 11) is 0. The number of hydrogen-bond donors (Lipinski definition) is 0. The molecule has 0 unspecified atom stereocenters. The summed E-state index contributed by atoms with van der Waals surface area (Å²) < 4.78 is 0. The van der Waals surface area contributed by atoms with Crippen LogP contribution in [0.4, 0.5) is 0 Å². The van der Waals surface area contributed by atoms with Gasteiger partial charge in [-0.15, -0.1) is 6.58 Å². The van der Waals surface area contributed by atoms with Gasteiger partial charge in [-0.2, -0.15) is 0 Å². The summed E-state index contributed by atoms with van der Waals surface area (Å²) in [4.78, 5) is 0. The Balaban J connectivity index is 0.000000288. The molecule has 0 aliphatic heterocycles. The van der Waals surface area contributed by atoms with Gasteiger partial charge in [-0.1, -0.05) is 61.4 Å². The van der Waals surface area contributed by atoms with Gasteiger partial charge in [0.25, 0.3) is 0 Å². The van der Waals surface area contributed by atoms with Crippen molar-refractivity contribution in [3.05, 3.63) is 54.1 Å². The van der Waals surface area contributed by atoms with E-state index < -0.39 is 0 Å². The van der Waals surface area contributed by atoms with Crippen molar-refractivity contribution in [2.24, 2.45) is 0 Å². The van der Waals surface area contributed by atoms with E-state index in [1.54, 1.807) is 0 Å². The Labute approximate surface area is 94.3 Å². The highest BCUT2D eigenvalue weighted by Crippen LogP contribution is 1.99. The second kappa shape index (κ2) is 9.26. The van der Waals surface area contributed by atoms with Crippen molar-refractivity contribution in [3.8, 4) is 0 Å². The van der Waals surface area contributed by atoms with Crippen LogP contribution in [-0.2, 0) is 0 Å². The zero-order chi connectivity index (χ0) is 11.5. The molecule has 0 amide bonds. The molecular weight excluding hydrogens is 180 g/mol. The molecule has 0 saturated carbocycles. The first-order valence-electron chi connectivity index (χ1n) is 5.52. The Kier molecular flexibility index (Phi) is 8.46. The maximum Gasteiger partial charge on any atom is -0.0260 e. The zero-order valence-electron chi connectivity index (χ0n) is 10.2. The average molecular weight is 202 g/mol. The predicted octanol–water partition coefficient (Wildman–Crippen LogP) is 5.08. The minimum atomic E-state index is 1.18. The standard InChI is InChI=1S/C9H10.C6H12/c1-2-6-9-7-4-3-5-8-9;1-4-5-6(2)3/h2-8H,1H3;2,4-5H2,1,3H3. The summed E-state index contributed by atoms with van der Waals surface area (Å²) in [6.45, 7) is 9.99. The Hall–Kier alpha value is -1.30. The third-order valence-electron chi connectivity index (χ3n) is 1.84. The average Bonchev–Trinajstić information content (AvgIpc) is 2.20. The molecule has 15 heavy (non-hydrogen) atoms. The molecule has 82 valence electrons. The van der Waals surface area contributed by atoms with Crippen LogP contribution in [-0.4, -0.2) is 0 Å². The lowest BCUT2D eigenvalue weighted by Gasteiger charge is -1.87. The first-order valence-corrected chi connectivity index (χ1v) is 5.52. The summed E-state index contributed by atoms with van der Waals surface area (Å²) in [6, 6.07) is 10.3. The smallest absolute Gasteiger partial charge is 0.0260 e. The molecule has 0 fully saturated rings. The molecule has 0 spiro atoms. The van der Waals surface area contributed by atoms with Gasteiger partial charge in [-0.05, 0) is 25.8 Å². The van der Waals surface area contributed by atoms with Gasteiger partial charge in [0.1, 0.15) is 0 Å². The fourth-order valence-electron chi connectivity index (χ4n) is 1.18. The second-order valence-electron chi connectivity index (χ2n) is 3.62. The molecule has 0 N–H and O–H groups in total. The number of benzene rings is 1. The van der Waals surface area contributed by atoms with Crippen molar-refractivity contribution in [3.63, 3.8) is 0 Å². The summed E-state index contributed by atoms with van der Waals surface area (Å²) in [6.07, 6.45) is 6.53. The third kappa shape index (κ3) is 9.01. The minimum absolute atomic E-state index is 1.18. The van der Waals surface area contributed by atoms with Crippen LogP contribution in [0.1, 0.15) is 39.2 Å². The van der Waals surface area contributed by atoms with E-state index in [-0.39, 0.29) is 0 Å². The minimum Gasteiger partial charge on any atom is -0.100 e. The van der Waals surface area contributed by atoms with Crippen LogP contribution < -0.4 is 0 Å². The van der Waals surface area contributed by atoms with Crippen molar-refractivity contribution < 1.29 is 0 Å². The van der Waals surface area contributed by atoms with Gasteiger partial charge in [-0.3, -0.25) is 0 Å². The number of allylic oxidation sites excluding steroid dienone is 2. The lowest BCUT2D eigenvalue weighted by Crippen LogP contribution is -1.66. The van der Waals surface area contributed by atoms with Gasteiger partial charge in [-0.25, -0.2) is 0 Å². The summed E-state index contributed by atoms with van der Waals surface area (Å²) in [5.74, 6) is 0. The van der Waals surface area contributed by atoms with E-state index in [1.807, 2.05) is 31.2 Å². The number of hydrogen-bond acceptors (Lipinski definition) is 0. The fraction of sp³-hybridized carbons (Fsp3) is 0.333. The lowest BCUT2D eigenvalue weighted by atomic mass is 10.2. The van der Waals surface area contributed by atoms with Crippen LogP contribution in [0.5, 0.6) is 0 Å². The van der Waals surface area contributed by atoms with E-state index in [1.165, 1.54) is 24.0 Å². The monoisotopic (exact) mass is 202 g/mol. The van der Waals surface area contributed by atoms with Crippen LogP contribution >= 0.6 is 0 Å². The molecule has 0 heterocycles. The SMILES string of the molecule is C=C(C)CCC.CC=Cc1ccccc1. The molecule has 0 saturated heterocycles. The van der Waals surface area contributed by atoms with Crippen molar-refractivity contribution in [2.75, 3.05) is 0 Å². The topological polar surface area (TPSA) is 0 Å². The third-order valence-corrected chi connectivity index (χ3v) is 1.84. The van der Waals surface area contributed by atoms with Gasteiger partial charge in [0.2, 0.25) is 0 Å². The molecule has 0 radical (unpaired) electrons. The molecule has 0 aliphatic carbocycles. The van der Waals surface area contributed by atoms with Gasteiger partial charge in [0.05, 0.1) is 0 Å². The Morgan fingerprint density at radius 1 is 1.27 bits per heavy atom. The normalized spacial score (nSPS) is 9.53.